The molecule has 6 heteroatoms. The van der Waals surface area contributed by atoms with E-state index < -0.39 is 0 Å². The van der Waals surface area contributed by atoms with Gasteiger partial charge < -0.3 is 9.64 Å². The fraction of sp³-hybridized carbons (Fsp3) is 0.600. The lowest BCUT2D eigenvalue weighted by Gasteiger charge is -2.33. The molecular weight excluding hydrogens is 293 g/mol. The van der Waals surface area contributed by atoms with Gasteiger partial charge in [-0.05, 0) is 28.8 Å². The molecule has 0 bridgehead atoms. The molecule has 1 aliphatic rings. The minimum atomic E-state index is 0.273. The lowest BCUT2D eigenvalue weighted by molar-refractivity contribution is 0.0891. The molecule has 0 aliphatic carbocycles. The van der Waals surface area contributed by atoms with Crippen LogP contribution in [0.15, 0.2) is 10.8 Å². The van der Waals surface area contributed by atoms with E-state index in [1.54, 1.807) is 7.11 Å². The number of nitrogens with zero attached hydrogens (tertiary/aromatic N) is 3. The maximum absolute atomic E-state index is 5.95. The molecule has 1 aromatic heterocycles. The zero-order valence-electron chi connectivity index (χ0n) is 8.99. The Balaban J connectivity index is 2.20. The van der Waals surface area contributed by atoms with Gasteiger partial charge in [-0.25, -0.2) is 9.97 Å². The molecule has 0 aromatic carbocycles. The number of halogens is 2. The van der Waals surface area contributed by atoms with Gasteiger partial charge in [-0.1, -0.05) is 11.6 Å². The fourth-order valence-corrected chi connectivity index (χ4v) is 2.47. The standard InChI is InChI=1S/C10H13BrClN3O/c1-16-7-3-2-4-15(5-7)10-8(11)9(12)13-6-14-10/h6-7H,2-5H2,1H3. The summed E-state index contributed by atoms with van der Waals surface area (Å²) in [5.74, 6) is 0.849. The molecule has 1 saturated heterocycles. The van der Waals surface area contributed by atoms with E-state index in [2.05, 4.69) is 30.8 Å². The van der Waals surface area contributed by atoms with E-state index in [4.69, 9.17) is 16.3 Å². The molecule has 0 saturated carbocycles. The number of methoxy groups -OCH3 is 1. The zero-order valence-corrected chi connectivity index (χ0v) is 11.3. The topological polar surface area (TPSA) is 38.2 Å². The number of ether oxygens (including phenoxy) is 1. The smallest absolute Gasteiger partial charge is 0.148 e. The van der Waals surface area contributed by atoms with Crippen molar-refractivity contribution >= 4 is 33.3 Å². The summed E-state index contributed by atoms with van der Waals surface area (Å²) in [5, 5.41) is 0.449. The van der Waals surface area contributed by atoms with Crippen LogP contribution in [0.5, 0.6) is 0 Å². The molecule has 1 aromatic rings. The van der Waals surface area contributed by atoms with Crippen molar-refractivity contribution in [3.63, 3.8) is 0 Å². The van der Waals surface area contributed by atoms with Crippen molar-refractivity contribution in [1.29, 1.82) is 0 Å². The lowest BCUT2D eigenvalue weighted by Crippen LogP contribution is -2.39. The van der Waals surface area contributed by atoms with Crippen LogP contribution in [0.3, 0.4) is 0 Å². The van der Waals surface area contributed by atoms with E-state index in [-0.39, 0.29) is 6.10 Å². The predicted octanol–water partition coefficient (Wildman–Crippen LogP) is 2.51. The second kappa shape index (κ2) is 5.29. The Hall–Kier alpha value is -0.390. The lowest BCUT2D eigenvalue weighted by atomic mass is 10.1. The van der Waals surface area contributed by atoms with Crippen LogP contribution in [0.25, 0.3) is 0 Å². The minimum absolute atomic E-state index is 0.273. The molecule has 1 aliphatic heterocycles. The number of hydrogen-bond donors (Lipinski definition) is 0. The Morgan fingerprint density at radius 2 is 2.38 bits per heavy atom. The molecular formula is C10H13BrClN3O. The Morgan fingerprint density at radius 3 is 3.12 bits per heavy atom. The molecule has 0 amide bonds. The highest BCUT2D eigenvalue weighted by molar-refractivity contribution is 9.10. The quantitative estimate of drug-likeness (QED) is 0.787. The summed E-state index contributed by atoms with van der Waals surface area (Å²) in [4.78, 5) is 10.4. The second-order valence-electron chi connectivity index (χ2n) is 3.75. The summed E-state index contributed by atoms with van der Waals surface area (Å²) in [7, 11) is 1.75. The maximum Gasteiger partial charge on any atom is 0.148 e. The van der Waals surface area contributed by atoms with Gasteiger partial charge in [0.1, 0.15) is 17.3 Å². The summed E-state index contributed by atoms with van der Waals surface area (Å²) in [6.45, 7) is 1.83. The van der Waals surface area contributed by atoms with E-state index in [0.717, 1.165) is 36.2 Å². The molecule has 0 spiro atoms. The molecule has 4 nitrogen and oxygen atoms in total. The number of anilines is 1. The van der Waals surface area contributed by atoms with Crippen LogP contribution in [-0.2, 0) is 4.74 Å². The first kappa shape index (κ1) is 12.1. The number of rotatable bonds is 2. The fourth-order valence-electron chi connectivity index (χ4n) is 1.88. The van der Waals surface area contributed by atoms with Gasteiger partial charge in [0.05, 0.1) is 10.6 Å². The van der Waals surface area contributed by atoms with Crippen LogP contribution in [0.4, 0.5) is 5.82 Å². The molecule has 1 fully saturated rings. The van der Waals surface area contributed by atoms with Crippen LogP contribution in [-0.4, -0.2) is 36.3 Å². The molecule has 2 rings (SSSR count). The monoisotopic (exact) mass is 305 g/mol. The van der Waals surface area contributed by atoms with E-state index in [1.165, 1.54) is 6.33 Å². The minimum Gasteiger partial charge on any atom is -0.380 e. The molecule has 2 heterocycles. The van der Waals surface area contributed by atoms with Crippen LogP contribution < -0.4 is 4.90 Å². The summed E-state index contributed by atoms with van der Waals surface area (Å²) in [6, 6.07) is 0. The average Bonchev–Trinajstić information content (AvgIpc) is 2.33. The van der Waals surface area contributed by atoms with Gasteiger partial charge in [0.2, 0.25) is 0 Å². The largest absolute Gasteiger partial charge is 0.380 e. The first-order valence-corrected chi connectivity index (χ1v) is 6.33. The second-order valence-corrected chi connectivity index (χ2v) is 4.90. The number of hydrogen-bond acceptors (Lipinski definition) is 4. The number of aromatic nitrogens is 2. The third-order valence-corrected chi connectivity index (χ3v) is 3.98. The zero-order chi connectivity index (χ0) is 11.5. The van der Waals surface area contributed by atoms with Gasteiger partial charge in [0.15, 0.2) is 0 Å². The van der Waals surface area contributed by atoms with Crippen molar-refractivity contribution in [3.8, 4) is 0 Å². The van der Waals surface area contributed by atoms with Gasteiger partial charge in [0, 0.05) is 20.2 Å². The third-order valence-electron chi connectivity index (χ3n) is 2.74. The highest BCUT2D eigenvalue weighted by Gasteiger charge is 2.22. The van der Waals surface area contributed by atoms with Crippen molar-refractivity contribution in [3.05, 3.63) is 16.0 Å². The SMILES string of the molecule is COC1CCCN(c2ncnc(Cl)c2Br)C1. The van der Waals surface area contributed by atoms with Gasteiger partial charge >= 0.3 is 0 Å². The van der Waals surface area contributed by atoms with E-state index >= 15 is 0 Å². The highest BCUT2D eigenvalue weighted by atomic mass is 79.9. The van der Waals surface area contributed by atoms with E-state index in [1.807, 2.05) is 0 Å². The van der Waals surface area contributed by atoms with Crippen LogP contribution in [0, 0.1) is 0 Å². The van der Waals surface area contributed by atoms with Gasteiger partial charge in [-0.3, -0.25) is 0 Å². The van der Waals surface area contributed by atoms with Crippen molar-refractivity contribution in [2.45, 2.75) is 18.9 Å². The van der Waals surface area contributed by atoms with Crippen LogP contribution in [0.2, 0.25) is 5.15 Å². The van der Waals surface area contributed by atoms with Gasteiger partial charge in [-0.15, -0.1) is 0 Å². The van der Waals surface area contributed by atoms with Gasteiger partial charge in [0.25, 0.3) is 0 Å². The Morgan fingerprint density at radius 1 is 1.56 bits per heavy atom. The van der Waals surface area contributed by atoms with Crippen LogP contribution >= 0.6 is 27.5 Å². The summed E-state index contributed by atoms with van der Waals surface area (Å²) in [6.07, 6.45) is 3.96. The first-order valence-electron chi connectivity index (χ1n) is 5.16. The Bertz CT molecular complexity index is 377. The molecule has 16 heavy (non-hydrogen) atoms. The molecule has 0 radical (unpaired) electrons. The molecule has 1 atom stereocenters. The Kier molecular flexibility index (Phi) is 4.00. The normalized spacial score (nSPS) is 21.2. The van der Waals surface area contributed by atoms with Crippen molar-refractivity contribution < 1.29 is 4.74 Å². The van der Waals surface area contributed by atoms with Crippen LogP contribution in [0.1, 0.15) is 12.8 Å². The highest BCUT2D eigenvalue weighted by Crippen LogP contribution is 2.30. The molecule has 88 valence electrons. The summed E-state index contributed by atoms with van der Waals surface area (Å²) in [5.41, 5.74) is 0. The van der Waals surface area contributed by atoms with Crippen molar-refractivity contribution in [2.24, 2.45) is 0 Å². The maximum atomic E-state index is 5.95. The summed E-state index contributed by atoms with van der Waals surface area (Å²) < 4.78 is 6.14. The number of piperidine rings is 1. The van der Waals surface area contributed by atoms with E-state index in [9.17, 15) is 0 Å². The predicted molar refractivity (Wildman–Crippen MR) is 67.0 cm³/mol. The molecule has 1 unspecified atom stereocenters. The first-order chi connectivity index (χ1) is 7.72. The molecule has 0 N–H and O–H groups in total. The third kappa shape index (κ3) is 2.47. The average molecular weight is 307 g/mol. The Labute approximate surface area is 108 Å². The van der Waals surface area contributed by atoms with Crippen molar-refractivity contribution in [2.75, 3.05) is 25.1 Å². The van der Waals surface area contributed by atoms with E-state index in [0.29, 0.717) is 5.15 Å². The van der Waals surface area contributed by atoms with Crippen molar-refractivity contribution in [1.82, 2.24) is 9.97 Å². The summed E-state index contributed by atoms with van der Waals surface area (Å²) >= 11 is 9.37. The van der Waals surface area contributed by atoms with Gasteiger partial charge in [-0.2, -0.15) is 0 Å².